The van der Waals surface area contributed by atoms with Crippen molar-refractivity contribution in [1.82, 2.24) is 15.1 Å². The smallest absolute Gasteiger partial charge is 0.0583 e. The zero-order valence-electron chi connectivity index (χ0n) is 8.59. The molecule has 0 fully saturated rings. The number of aromatic amines is 1. The predicted molar refractivity (Wildman–Crippen MR) is 55.3 cm³/mol. The van der Waals surface area contributed by atoms with Crippen LogP contribution in [0.5, 0.6) is 0 Å². The minimum atomic E-state index is 1.04. The summed E-state index contributed by atoms with van der Waals surface area (Å²) in [4.78, 5) is 2.15. The second-order valence-corrected chi connectivity index (χ2v) is 2.88. The fourth-order valence-corrected chi connectivity index (χ4v) is 1.37. The highest BCUT2D eigenvalue weighted by Crippen LogP contribution is 2.23. The molecule has 1 N–H and O–H groups in total. The number of nitrogens with zero attached hydrogens (tertiary/aromatic N) is 2. The van der Waals surface area contributed by atoms with Crippen molar-refractivity contribution in [2.75, 3.05) is 13.6 Å². The summed E-state index contributed by atoms with van der Waals surface area (Å²) in [6.07, 6.45) is 2.89. The van der Waals surface area contributed by atoms with E-state index in [1.54, 1.807) is 0 Å². The lowest BCUT2D eigenvalue weighted by Crippen LogP contribution is -2.24. The first-order chi connectivity index (χ1) is 6.29. The summed E-state index contributed by atoms with van der Waals surface area (Å²) >= 11 is 0. The van der Waals surface area contributed by atoms with E-state index < -0.39 is 0 Å². The molecule has 0 radical (unpaired) electrons. The molecule has 0 aliphatic carbocycles. The summed E-state index contributed by atoms with van der Waals surface area (Å²) in [5.74, 6) is 0. The number of H-pyrrole nitrogens is 1. The van der Waals surface area contributed by atoms with Crippen LogP contribution in [-0.4, -0.2) is 28.7 Å². The van der Waals surface area contributed by atoms with E-state index in [-0.39, 0.29) is 0 Å². The Morgan fingerprint density at radius 2 is 2.23 bits per heavy atom. The fraction of sp³-hybridized carbons (Fsp3) is 0.500. The van der Waals surface area contributed by atoms with Crippen molar-refractivity contribution in [3.8, 4) is 0 Å². The second-order valence-electron chi connectivity index (χ2n) is 2.88. The standard InChI is InChI=1S/C8H11N3.C2H6/c1-6-7-5-9-10-8(7)3-4-11(6)2;1-2/h5H,1,3-4H2,2H3,(H,9,10);1-2H3. The SMILES string of the molecule is C=C1c2cn[nH]c2CCN1C.CC. The molecule has 0 bridgehead atoms. The summed E-state index contributed by atoms with van der Waals surface area (Å²) < 4.78 is 0. The maximum absolute atomic E-state index is 3.98. The van der Waals surface area contributed by atoms with Crippen molar-refractivity contribution >= 4 is 5.70 Å². The van der Waals surface area contributed by atoms with E-state index >= 15 is 0 Å². The van der Waals surface area contributed by atoms with Crippen LogP contribution in [0.1, 0.15) is 25.1 Å². The van der Waals surface area contributed by atoms with Crippen LogP contribution < -0.4 is 0 Å². The van der Waals surface area contributed by atoms with Gasteiger partial charge in [-0.2, -0.15) is 5.10 Å². The van der Waals surface area contributed by atoms with E-state index in [1.165, 1.54) is 11.3 Å². The van der Waals surface area contributed by atoms with E-state index in [0.717, 1.165) is 18.7 Å². The maximum atomic E-state index is 3.98. The van der Waals surface area contributed by atoms with Crippen molar-refractivity contribution < 1.29 is 0 Å². The molecule has 1 aliphatic heterocycles. The molecule has 1 aromatic heterocycles. The van der Waals surface area contributed by atoms with Crippen molar-refractivity contribution in [2.24, 2.45) is 0 Å². The van der Waals surface area contributed by atoms with Crippen molar-refractivity contribution in [1.29, 1.82) is 0 Å². The number of hydrogen-bond donors (Lipinski definition) is 1. The second kappa shape index (κ2) is 4.12. The Balaban J connectivity index is 0.000000396. The van der Waals surface area contributed by atoms with E-state index in [9.17, 15) is 0 Å². The third kappa shape index (κ3) is 1.74. The van der Waals surface area contributed by atoms with Crippen LogP contribution in [0.2, 0.25) is 0 Å². The van der Waals surface area contributed by atoms with Gasteiger partial charge in [-0.15, -0.1) is 0 Å². The predicted octanol–water partition coefficient (Wildman–Crippen LogP) is 1.89. The molecule has 0 saturated carbocycles. The molecule has 0 amide bonds. The van der Waals surface area contributed by atoms with Gasteiger partial charge >= 0.3 is 0 Å². The number of nitrogens with one attached hydrogen (secondary N) is 1. The Labute approximate surface area is 79.5 Å². The molecule has 3 nitrogen and oxygen atoms in total. The van der Waals surface area contributed by atoms with Gasteiger partial charge in [-0.25, -0.2) is 0 Å². The zero-order chi connectivity index (χ0) is 9.84. The minimum Gasteiger partial charge on any atom is -0.374 e. The molecule has 3 heteroatoms. The van der Waals surface area contributed by atoms with Crippen molar-refractivity contribution in [3.05, 3.63) is 24.0 Å². The molecule has 0 aromatic carbocycles. The van der Waals surface area contributed by atoms with Gasteiger partial charge in [0.05, 0.1) is 6.20 Å². The highest BCUT2D eigenvalue weighted by Gasteiger charge is 2.17. The highest BCUT2D eigenvalue weighted by molar-refractivity contribution is 5.64. The highest BCUT2D eigenvalue weighted by atomic mass is 15.2. The lowest BCUT2D eigenvalue weighted by atomic mass is 10.1. The van der Waals surface area contributed by atoms with Crippen molar-refractivity contribution in [3.63, 3.8) is 0 Å². The van der Waals surface area contributed by atoms with Crippen LogP contribution in [0, 0.1) is 0 Å². The topological polar surface area (TPSA) is 31.9 Å². The monoisotopic (exact) mass is 179 g/mol. The Hall–Kier alpha value is -1.25. The number of hydrogen-bond acceptors (Lipinski definition) is 2. The molecular formula is C10H17N3. The summed E-state index contributed by atoms with van der Waals surface area (Å²) in [5.41, 5.74) is 3.45. The minimum absolute atomic E-state index is 1.04. The molecule has 2 heterocycles. The van der Waals surface area contributed by atoms with Crippen LogP contribution in [0.25, 0.3) is 5.70 Å². The van der Waals surface area contributed by atoms with E-state index in [2.05, 4.69) is 28.7 Å². The molecular weight excluding hydrogens is 162 g/mol. The third-order valence-electron chi connectivity index (χ3n) is 2.19. The lowest BCUT2D eigenvalue weighted by Gasteiger charge is -2.25. The van der Waals surface area contributed by atoms with Gasteiger partial charge in [0.25, 0.3) is 0 Å². The first kappa shape index (κ1) is 9.84. The molecule has 1 aromatic rings. The van der Waals surface area contributed by atoms with Gasteiger partial charge in [-0.1, -0.05) is 20.4 Å². The molecule has 72 valence electrons. The van der Waals surface area contributed by atoms with E-state index in [4.69, 9.17) is 0 Å². The Morgan fingerprint density at radius 3 is 2.92 bits per heavy atom. The van der Waals surface area contributed by atoms with Gasteiger partial charge in [0.1, 0.15) is 0 Å². The number of rotatable bonds is 0. The Kier molecular flexibility index (Phi) is 3.12. The van der Waals surface area contributed by atoms with Crippen LogP contribution >= 0.6 is 0 Å². The Morgan fingerprint density at radius 1 is 1.54 bits per heavy atom. The molecule has 0 saturated heterocycles. The normalized spacial score (nSPS) is 14.7. The Bertz CT molecular complexity index is 288. The molecule has 13 heavy (non-hydrogen) atoms. The van der Waals surface area contributed by atoms with Crippen LogP contribution in [0.4, 0.5) is 0 Å². The molecule has 0 atom stereocenters. The number of aromatic nitrogens is 2. The van der Waals surface area contributed by atoms with Gasteiger partial charge < -0.3 is 4.90 Å². The molecule has 0 spiro atoms. The van der Waals surface area contributed by atoms with Gasteiger partial charge in [0.15, 0.2) is 0 Å². The first-order valence-electron chi connectivity index (χ1n) is 4.71. The fourth-order valence-electron chi connectivity index (χ4n) is 1.37. The van der Waals surface area contributed by atoms with Crippen LogP contribution in [-0.2, 0) is 6.42 Å². The molecule has 2 rings (SSSR count). The van der Waals surface area contributed by atoms with Gasteiger partial charge in [-0.3, -0.25) is 5.10 Å². The van der Waals surface area contributed by atoms with Crippen LogP contribution in [0.3, 0.4) is 0 Å². The number of likely N-dealkylation sites (N-methyl/N-ethyl adjacent to an activating group) is 1. The maximum Gasteiger partial charge on any atom is 0.0583 e. The average Bonchev–Trinajstić information content (AvgIpc) is 2.63. The summed E-state index contributed by atoms with van der Waals surface area (Å²) in [5, 5.41) is 6.95. The quantitative estimate of drug-likeness (QED) is 0.659. The summed E-state index contributed by atoms with van der Waals surface area (Å²) in [6.45, 7) is 9.01. The van der Waals surface area contributed by atoms with Crippen molar-refractivity contribution in [2.45, 2.75) is 20.3 Å². The largest absolute Gasteiger partial charge is 0.374 e. The van der Waals surface area contributed by atoms with E-state index in [1.807, 2.05) is 20.0 Å². The molecule has 1 aliphatic rings. The molecule has 0 unspecified atom stereocenters. The van der Waals surface area contributed by atoms with Gasteiger partial charge in [0.2, 0.25) is 0 Å². The van der Waals surface area contributed by atoms with Crippen LogP contribution in [0.15, 0.2) is 12.8 Å². The summed E-state index contributed by atoms with van der Waals surface area (Å²) in [6, 6.07) is 0. The lowest BCUT2D eigenvalue weighted by molar-refractivity contribution is 0.467. The number of fused-ring (bicyclic) bond motifs is 1. The van der Waals surface area contributed by atoms with E-state index in [0.29, 0.717) is 0 Å². The average molecular weight is 179 g/mol. The third-order valence-corrected chi connectivity index (χ3v) is 2.19. The summed E-state index contributed by atoms with van der Waals surface area (Å²) in [7, 11) is 2.05. The first-order valence-corrected chi connectivity index (χ1v) is 4.71. The zero-order valence-corrected chi connectivity index (χ0v) is 8.59. The van der Waals surface area contributed by atoms with Gasteiger partial charge in [0, 0.05) is 37.0 Å². The van der Waals surface area contributed by atoms with Gasteiger partial charge in [-0.05, 0) is 0 Å².